The lowest BCUT2D eigenvalue weighted by Crippen LogP contribution is -2.38. The van der Waals surface area contributed by atoms with Crippen LogP contribution in [0, 0.1) is 0 Å². The van der Waals surface area contributed by atoms with Gasteiger partial charge in [-0.2, -0.15) is 0 Å². The van der Waals surface area contributed by atoms with E-state index in [1.165, 1.54) is 22.2 Å². The second kappa shape index (κ2) is 6.13. The predicted molar refractivity (Wildman–Crippen MR) is 95.4 cm³/mol. The van der Waals surface area contributed by atoms with E-state index in [1.54, 1.807) is 0 Å². The number of H-pyrrole nitrogens is 1. The van der Waals surface area contributed by atoms with Gasteiger partial charge in [-0.1, -0.05) is 43.4 Å². The Morgan fingerprint density at radius 2 is 2.18 bits per heavy atom. The quantitative estimate of drug-likeness (QED) is 0.826. The Morgan fingerprint density at radius 1 is 1.36 bits per heavy atom. The molecule has 0 radical (unpaired) electrons. The molecule has 1 unspecified atom stereocenters. The SMILES string of the molecule is C=CCN1CCc2c([nH]c3ccccc23)C(/C=C/C)(CC)C1. The van der Waals surface area contributed by atoms with E-state index in [0.29, 0.717) is 0 Å². The monoisotopic (exact) mass is 294 g/mol. The van der Waals surface area contributed by atoms with Crippen molar-refractivity contribution in [1.29, 1.82) is 0 Å². The fraction of sp³-hybridized carbons (Fsp3) is 0.400. The van der Waals surface area contributed by atoms with Gasteiger partial charge in [0, 0.05) is 41.6 Å². The summed E-state index contributed by atoms with van der Waals surface area (Å²) in [6.45, 7) is 11.5. The van der Waals surface area contributed by atoms with Gasteiger partial charge in [0.2, 0.25) is 0 Å². The van der Waals surface area contributed by atoms with Gasteiger partial charge < -0.3 is 4.98 Å². The number of aromatic amines is 1. The van der Waals surface area contributed by atoms with Crippen LogP contribution in [-0.4, -0.2) is 29.5 Å². The normalized spacial score (nSPS) is 22.8. The van der Waals surface area contributed by atoms with Crippen molar-refractivity contribution in [2.24, 2.45) is 0 Å². The summed E-state index contributed by atoms with van der Waals surface area (Å²) in [5.74, 6) is 0. The zero-order valence-corrected chi connectivity index (χ0v) is 13.7. The molecule has 0 spiro atoms. The van der Waals surface area contributed by atoms with Gasteiger partial charge in [0.25, 0.3) is 0 Å². The molecule has 0 saturated heterocycles. The lowest BCUT2D eigenvalue weighted by atomic mass is 9.79. The lowest BCUT2D eigenvalue weighted by Gasteiger charge is -2.33. The van der Waals surface area contributed by atoms with Crippen molar-refractivity contribution in [2.45, 2.75) is 32.1 Å². The lowest BCUT2D eigenvalue weighted by molar-refractivity contribution is 0.258. The molecule has 0 aliphatic carbocycles. The highest BCUT2D eigenvalue weighted by molar-refractivity contribution is 5.85. The Balaban J connectivity index is 2.18. The summed E-state index contributed by atoms with van der Waals surface area (Å²) in [5, 5.41) is 1.39. The highest BCUT2D eigenvalue weighted by atomic mass is 15.1. The van der Waals surface area contributed by atoms with Gasteiger partial charge >= 0.3 is 0 Å². The van der Waals surface area contributed by atoms with Crippen molar-refractivity contribution in [3.8, 4) is 0 Å². The van der Waals surface area contributed by atoms with Crippen LogP contribution in [0.2, 0.25) is 0 Å². The second-order valence-corrected chi connectivity index (χ2v) is 6.31. The van der Waals surface area contributed by atoms with Crippen LogP contribution < -0.4 is 0 Å². The number of rotatable bonds is 4. The third-order valence-corrected chi connectivity index (χ3v) is 5.00. The fourth-order valence-electron chi connectivity index (χ4n) is 3.91. The molecule has 1 aromatic carbocycles. The van der Waals surface area contributed by atoms with E-state index in [1.807, 2.05) is 6.08 Å². The molecule has 2 nitrogen and oxygen atoms in total. The maximum Gasteiger partial charge on any atom is 0.0459 e. The molecule has 22 heavy (non-hydrogen) atoms. The number of benzene rings is 1. The van der Waals surface area contributed by atoms with Gasteiger partial charge in [-0.05, 0) is 31.4 Å². The van der Waals surface area contributed by atoms with E-state index < -0.39 is 0 Å². The Bertz CT molecular complexity index is 695. The molecular formula is C20H26N2. The Morgan fingerprint density at radius 3 is 2.91 bits per heavy atom. The number of aromatic nitrogens is 1. The third-order valence-electron chi connectivity index (χ3n) is 5.00. The Labute approximate surface area is 133 Å². The van der Waals surface area contributed by atoms with E-state index in [-0.39, 0.29) is 5.41 Å². The summed E-state index contributed by atoms with van der Waals surface area (Å²) in [6.07, 6.45) is 8.82. The highest BCUT2D eigenvalue weighted by Gasteiger charge is 2.36. The van der Waals surface area contributed by atoms with Crippen molar-refractivity contribution in [3.63, 3.8) is 0 Å². The van der Waals surface area contributed by atoms with Gasteiger partial charge in [-0.3, -0.25) is 4.90 Å². The number of fused-ring (bicyclic) bond motifs is 3. The van der Waals surface area contributed by atoms with Gasteiger partial charge in [-0.15, -0.1) is 6.58 Å². The van der Waals surface area contributed by atoms with Gasteiger partial charge in [0.1, 0.15) is 0 Å². The first-order chi connectivity index (χ1) is 10.7. The summed E-state index contributed by atoms with van der Waals surface area (Å²) in [4.78, 5) is 6.27. The topological polar surface area (TPSA) is 19.0 Å². The van der Waals surface area contributed by atoms with Crippen molar-refractivity contribution < 1.29 is 0 Å². The van der Waals surface area contributed by atoms with Crippen molar-refractivity contribution in [3.05, 3.63) is 60.3 Å². The Hall–Kier alpha value is -1.80. The molecule has 2 aromatic rings. The fourth-order valence-corrected chi connectivity index (χ4v) is 3.91. The average molecular weight is 294 g/mol. The first-order valence-electron chi connectivity index (χ1n) is 8.31. The van der Waals surface area contributed by atoms with Gasteiger partial charge in [0.15, 0.2) is 0 Å². The minimum absolute atomic E-state index is 0.0720. The molecule has 1 aliphatic rings. The van der Waals surface area contributed by atoms with E-state index in [2.05, 4.69) is 66.7 Å². The van der Waals surface area contributed by atoms with Gasteiger partial charge in [-0.25, -0.2) is 0 Å². The maximum absolute atomic E-state index is 3.92. The summed E-state index contributed by atoms with van der Waals surface area (Å²) in [6, 6.07) is 8.71. The minimum atomic E-state index is 0.0720. The smallest absolute Gasteiger partial charge is 0.0459 e. The number of hydrogen-bond donors (Lipinski definition) is 1. The summed E-state index contributed by atoms with van der Waals surface area (Å²) in [5.41, 5.74) is 4.26. The molecule has 1 aliphatic heterocycles. The number of nitrogens with one attached hydrogen (secondary N) is 1. The molecule has 0 bridgehead atoms. The molecule has 116 valence electrons. The van der Waals surface area contributed by atoms with Crippen LogP contribution in [0.4, 0.5) is 0 Å². The van der Waals surface area contributed by atoms with Crippen LogP contribution in [0.3, 0.4) is 0 Å². The zero-order chi connectivity index (χ0) is 15.6. The van der Waals surface area contributed by atoms with E-state index in [0.717, 1.165) is 32.5 Å². The van der Waals surface area contributed by atoms with E-state index >= 15 is 0 Å². The summed E-state index contributed by atoms with van der Waals surface area (Å²) >= 11 is 0. The predicted octanol–water partition coefficient (Wildman–Crippen LogP) is 4.44. The largest absolute Gasteiger partial charge is 0.357 e. The first-order valence-corrected chi connectivity index (χ1v) is 8.31. The second-order valence-electron chi connectivity index (χ2n) is 6.31. The summed E-state index contributed by atoms with van der Waals surface area (Å²) in [7, 11) is 0. The van der Waals surface area contributed by atoms with Crippen LogP contribution in [0.5, 0.6) is 0 Å². The van der Waals surface area contributed by atoms with Gasteiger partial charge in [0.05, 0.1) is 0 Å². The van der Waals surface area contributed by atoms with Crippen molar-refractivity contribution in [2.75, 3.05) is 19.6 Å². The minimum Gasteiger partial charge on any atom is -0.357 e. The molecule has 3 rings (SSSR count). The van der Waals surface area contributed by atoms with Crippen LogP contribution in [-0.2, 0) is 11.8 Å². The molecular weight excluding hydrogens is 268 g/mol. The van der Waals surface area contributed by atoms with Crippen LogP contribution in [0.15, 0.2) is 49.1 Å². The number of allylic oxidation sites excluding steroid dienone is 1. The number of para-hydroxylation sites is 1. The number of nitrogens with zero attached hydrogens (tertiary/aromatic N) is 1. The van der Waals surface area contributed by atoms with Crippen LogP contribution in [0.1, 0.15) is 31.5 Å². The molecule has 2 heteroatoms. The molecule has 0 amide bonds. The molecule has 0 saturated carbocycles. The molecule has 0 fully saturated rings. The van der Waals surface area contributed by atoms with Crippen LogP contribution in [0.25, 0.3) is 10.9 Å². The molecule has 2 heterocycles. The number of hydrogen-bond acceptors (Lipinski definition) is 1. The molecule has 1 atom stereocenters. The summed E-state index contributed by atoms with van der Waals surface area (Å²) < 4.78 is 0. The van der Waals surface area contributed by atoms with Crippen molar-refractivity contribution >= 4 is 10.9 Å². The Kier molecular flexibility index (Phi) is 4.21. The zero-order valence-electron chi connectivity index (χ0n) is 13.7. The average Bonchev–Trinajstić information content (AvgIpc) is 2.84. The highest BCUT2D eigenvalue weighted by Crippen LogP contribution is 2.38. The van der Waals surface area contributed by atoms with E-state index in [9.17, 15) is 0 Å². The molecule has 1 N–H and O–H groups in total. The van der Waals surface area contributed by atoms with Crippen molar-refractivity contribution in [1.82, 2.24) is 9.88 Å². The first kappa shape index (κ1) is 15.1. The maximum atomic E-state index is 3.92. The van der Waals surface area contributed by atoms with E-state index in [4.69, 9.17) is 0 Å². The third kappa shape index (κ3) is 2.42. The van der Waals surface area contributed by atoms with Crippen LogP contribution >= 0.6 is 0 Å². The molecule has 1 aromatic heterocycles. The standard InChI is InChI=1S/C20H26N2/c1-4-12-20(6-3)15-22(13-5-2)14-11-17-16-9-7-8-10-18(16)21-19(17)20/h4-5,7-10,12,21H,2,6,11,13-15H2,1,3H3/b12-4+.